The summed E-state index contributed by atoms with van der Waals surface area (Å²) < 4.78 is 11.5. The topological polar surface area (TPSA) is 35.5 Å². The summed E-state index contributed by atoms with van der Waals surface area (Å²) in [5, 5.41) is 0. The lowest BCUT2D eigenvalue weighted by molar-refractivity contribution is -0.213. The van der Waals surface area contributed by atoms with Crippen LogP contribution in [0.25, 0.3) is 0 Å². The van der Waals surface area contributed by atoms with Gasteiger partial charge in [0.1, 0.15) is 0 Å². The highest BCUT2D eigenvalue weighted by Crippen LogP contribution is 2.30. The van der Waals surface area contributed by atoms with Crippen LogP contribution >= 0.6 is 22.6 Å². The second-order valence-electron chi connectivity index (χ2n) is 4.49. The fourth-order valence-corrected chi connectivity index (χ4v) is 1.53. The number of hydrogen-bond donors (Lipinski definition) is 0. The highest BCUT2D eigenvalue weighted by atomic mass is 127. The second-order valence-corrected chi connectivity index (χ2v) is 5.26. The summed E-state index contributed by atoms with van der Waals surface area (Å²) in [6, 6.07) is 0. The van der Waals surface area contributed by atoms with Gasteiger partial charge in [-0.05, 0) is 20.3 Å². The van der Waals surface area contributed by atoms with Crippen molar-refractivity contribution in [2.24, 2.45) is 5.41 Å². The first kappa shape index (κ1) is 12.2. The fourth-order valence-electron chi connectivity index (χ4n) is 1.22. The normalized spacial score (nSPS) is 27.7. The predicted molar refractivity (Wildman–Crippen MR) is 62.4 cm³/mol. The standard InChI is InChI=1S/C10H17IO3/c1-9(2,7-11)8(12)14-10(3)5-4-6-13-10/h4-7H2,1-3H3. The molecule has 0 aliphatic carbocycles. The van der Waals surface area contributed by atoms with E-state index in [1.807, 2.05) is 20.8 Å². The van der Waals surface area contributed by atoms with Crippen LogP contribution in [0.5, 0.6) is 0 Å². The summed E-state index contributed by atoms with van der Waals surface area (Å²) in [5.74, 6) is -0.850. The van der Waals surface area contributed by atoms with E-state index < -0.39 is 11.2 Å². The van der Waals surface area contributed by atoms with Crippen molar-refractivity contribution in [1.29, 1.82) is 0 Å². The molecule has 82 valence electrons. The van der Waals surface area contributed by atoms with E-state index in [2.05, 4.69) is 22.6 Å². The van der Waals surface area contributed by atoms with Crippen molar-refractivity contribution in [3.63, 3.8) is 0 Å². The van der Waals surface area contributed by atoms with E-state index in [-0.39, 0.29) is 5.97 Å². The molecular weight excluding hydrogens is 295 g/mol. The van der Waals surface area contributed by atoms with Crippen LogP contribution in [0.1, 0.15) is 33.6 Å². The zero-order valence-corrected chi connectivity index (χ0v) is 11.1. The molecule has 1 atom stereocenters. The molecule has 0 radical (unpaired) electrons. The molecule has 1 aliphatic rings. The van der Waals surface area contributed by atoms with Crippen LogP contribution in [0.3, 0.4) is 0 Å². The van der Waals surface area contributed by atoms with E-state index >= 15 is 0 Å². The summed E-state index contributed by atoms with van der Waals surface area (Å²) in [4.78, 5) is 11.7. The summed E-state index contributed by atoms with van der Waals surface area (Å²) in [6.07, 6.45) is 1.77. The van der Waals surface area contributed by atoms with Crippen molar-refractivity contribution < 1.29 is 14.3 Å². The maximum absolute atomic E-state index is 11.7. The highest BCUT2D eigenvalue weighted by Gasteiger charge is 2.38. The van der Waals surface area contributed by atoms with Crippen molar-refractivity contribution in [1.82, 2.24) is 0 Å². The highest BCUT2D eigenvalue weighted by molar-refractivity contribution is 14.1. The molecule has 0 aromatic carbocycles. The Morgan fingerprint density at radius 2 is 2.29 bits per heavy atom. The number of hydrogen-bond acceptors (Lipinski definition) is 3. The number of esters is 1. The Kier molecular flexibility index (Phi) is 3.80. The van der Waals surface area contributed by atoms with Crippen molar-refractivity contribution in [2.75, 3.05) is 11.0 Å². The Hall–Kier alpha value is 0.160. The Morgan fingerprint density at radius 1 is 1.64 bits per heavy atom. The van der Waals surface area contributed by atoms with Gasteiger partial charge >= 0.3 is 5.97 Å². The lowest BCUT2D eigenvalue weighted by Gasteiger charge is -2.28. The van der Waals surface area contributed by atoms with Gasteiger partial charge < -0.3 is 9.47 Å². The van der Waals surface area contributed by atoms with Crippen LogP contribution in [0.4, 0.5) is 0 Å². The lowest BCUT2D eigenvalue weighted by Crippen LogP contribution is -2.37. The third-order valence-electron chi connectivity index (χ3n) is 2.38. The molecule has 1 fully saturated rings. The molecule has 0 aromatic heterocycles. The third kappa shape index (κ3) is 2.82. The van der Waals surface area contributed by atoms with Gasteiger partial charge in [-0.25, -0.2) is 0 Å². The van der Waals surface area contributed by atoms with Gasteiger partial charge in [0.2, 0.25) is 5.79 Å². The van der Waals surface area contributed by atoms with Crippen LogP contribution in [-0.4, -0.2) is 22.8 Å². The minimum Gasteiger partial charge on any atom is -0.433 e. The van der Waals surface area contributed by atoms with Gasteiger partial charge in [0.15, 0.2) is 0 Å². The van der Waals surface area contributed by atoms with Gasteiger partial charge in [0.05, 0.1) is 12.0 Å². The molecular formula is C10H17IO3. The molecule has 14 heavy (non-hydrogen) atoms. The molecule has 0 amide bonds. The Bertz CT molecular complexity index is 219. The van der Waals surface area contributed by atoms with E-state index in [1.165, 1.54) is 0 Å². The molecule has 0 aromatic rings. The number of carbonyl (C=O) groups excluding carboxylic acids is 1. The third-order valence-corrected chi connectivity index (χ3v) is 4.28. The molecule has 0 N–H and O–H groups in total. The van der Waals surface area contributed by atoms with E-state index in [9.17, 15) is 4.79 Å². The molecule has 1 saturated heterocycles. The molecule has 0 saturated carbocycles. The number of carbonyl (C=O) groups is 1. The van der Waals surface area contributed by atoms with Crippen molar-refractivity contribution in [3.05, 3.63) is 0 Å². The molecule has 1 heterocycles. The minimum atomic E-state index is -0.680. The SMILES string of the molecule is CC1(OC(=O)C(C)(C)CI)CCCO1. The van der Waals surface area contributed by atoms with Gasteiger partial charge in [-0.15, -0.1) is 0 Å². The zero-order chi connectivity index (χ0) is 10.8. The zero-order valence-electron chi connectivity index (χ0n) is 8.93. The van der Waals surface area contributed by atoms with E-state index in [1.54, 1.807) is 0 Å². The van der Waals surface area contributed by atoms with Crippen LogP contribution < -0.4 is 0 Å². The van der Waals surface area contributed by atoms with Crippen molar-refractivity contribution >= 4 is 28.6 Å². The van der Waals surface area contributed by atoms with E-state index in [0.29, 0.717) is 6.61 Å². The van der Waals surface area contributed by atoms with Gasteiger partial charge in [-0.1, -0.05) is 22.6 Å². The number of rotatable bonds is 3. The molecule has 1 aliphatic heterocycles. The van der Waals surface area contributed by atoms with Crippen LogP contribution in [0.15, 0.2) is 0 Å². The summed E-state index contributed by atoms with van der Waals surface area (Å²) in [6.45, 7) is 6.30. The average molecular weight is 312 g/mol. The second kappa shape index (κ2) is 4.35. The van der Waals surface area contributed by atoms with E-state index in [0.717, 1.165) is 17.3 Å². The quantitative estimate of drug-likeness (QED) is 0.456. The number of ether oxygens (including phenoxy) is 2. The first-order valence-corrected chi connectivity index (χ1v) is 6.36. The first-order valence-electron chi connectivity index (χ1n) is 4.83. The number of alkyl halides is 1. The molecule has 1 rings (SSSR count). The van der Waals surface area contributed by atoms with Crippen LogP contribution in [0, 0.1) is 5.41 Å². The first-order chi connectivity index (χ1) is 6.40. The van der Waals surface area contributed by atoms with Crippen LogP contribution in [-0.2, 0) is 14.3 Å². The van der Waals surface area contributed by atoms with Gasteiger partial charge in [0.25, 0.3) is 0 Å². The van der Waals surface area contributed by atoms with E-state index in [4.69, 9.17) is 9.47 Å². The molecule has 1 unspecified atom stereocenters. The monoisotopic (exact) mass is 312 g/mol. The maximum Gasteiger partial charge on any atom is 0.314 e. The minimum absolute atomic E-state index is 0.170. The molecule has 4 heteroatoms. The van der Waals surface area contributed by atoms with Gasteiger partial charge in [-0.3, -0.25) is 4.79 Å². The fraction of sp³-hybridized carbons (Fsp3) is 0.900. The number of halogens is 1. The smallest absolute Gasteiger partial charge is 0.314 e. The Morgan fingerprint density at radius 3 is 2.71 bits per heavy atom. The van der Waals surface area contributed by atoms with Crippen molar-refractivity contribution in [2.45, 2.75) is 39.4 Å². The maximum atomic E-state index is 11.7. The van der Waals surface area contributed by atoms with Crippen LogP contribution in [0.2, 0.25) is 0 Å². The average Bonchev–Trinajstić information content (AvgIpc) is 2.52. The summed E-state index contributed by atoms with van der Waals surface area (Å²) in [7, 11) is 0. The molecule has 0 bridgehead atoms. The Balaban J connectivity index is 2.55. The summed E-state index contributed by atoms with van der Waals surface area (Å²) >= 11 is 2.20. The van der Waals surface area contributed by atoms with Gasteiger partial charge in [0, 0.05) is 17.8 Å². The largest absolute Gasteiger partial charge is 0.433 e. The van der Waals surface area contributed by atoms with Crippen molar-refractivity contribution in [3.8, 4) is 0 Å². The lowest BCUT2D eigenvalue weighted by atomic mass is 9.97. The molecule has 0 spiro atoms. The predicted octanol–water partition coefficient (Wildman–Crippen LogP) is 2.52. The van der Waals surface area contributed by atoms with Gasteiger partial charge in [-0.2, -0.15) is 0 Å². The Labute approximate surface area is 98.7 Å². The summed E-state index contributed by atoms with van der Waals surface area (Å²) in [5.41, 5.74) is -0.421. The molecule has 3 nitrogen and oxygen atoms in total.